The van der Waals surface area contributed by atoms with Gasteiger partial charge in [0.1, 0.15) is 11.9 Å². The summed E-state index contributed by atoms with van der Waals surface area (Å²) in [4.78, 5) is 24.8. The van der Waals surface area contributed by atoms with Crippen molar-refractivity contribution in [2.75, 3.05) is 28.6 Å². The number of benzene rings is 1. The maximum atomic E-state index is 13.9. The molecule has 1 saturated carbocycles. The molecule has 34 heavy (non-hydrogen) atoms. The minimum absolute atomic E-state index is 0.0184. The summed E-state index contributed by atoms with van der Waals surface area (Å²) in [5.41, 5.74) is 5.69. The Hall–Kier alpha value is -3.11. The molecular formula is C23H25F4N5O2. The maximum absolute atomic E-state index is 13.9. The van der Waals surface area contributed by atoms with E-state index in [1.54, 1.807) is 11.0 Å². The zero-order chi connectivity index (χ0) is 24.1. The van der Waals surface area contributed by atoms with Gasteiger partial charge in [-0.2, -0.15) is 9.97 Å². The number of carbonyl (C=O) groups excluding carboxylic acids is 1. The standard InChI is InChI=1S/C23H25F4N5O2/c24-16-4-3-14(10-17(16)25)32-20(33)2-1-5-22(32)6-8-31(9-7-22)18-11-19(30-21(28)29-18)34-15-12-23(26,27)13-15/h3-4,10-11,15H,1-2,5-9,12-13H2,(H2,28,29,30). The number of nitrogens with zero attached hydrogens (tertiary/aromatic N) is 4. The maximum Gasteiger partial charge on any atom is 0.255 e. The number of nitrogen functional groups attached to an aromatic ring is 1. The Morgan fingerprint density at radius 3 is 2.44 bits per heavy atom. The summed E-state index contributed by atoms with van der Waals surface area (Å²) in [7, 11) is 0. The van der Waals surface area contributed by atoms with Gasteiger partial charge in [0.2, 0.25) is 17.7 Å². The third-order valence-electron chi connectivity index (χ3n) is 6.98. The first-order valence-corrected chi connectivity index (χ1v) is 11.4. The second-order valence-corrected chi connectivity index (χ2v) is 9.32. The number of piperidine rings is 2. The summed E-state index contributed by atoms with van der Waals surface area (Å²) in [6, 6.07) is 5.14. The Morgan fingerprint density at radius 1 is 1.03 bits per heavy atom. The predicted octanol–water partition coefficient (Wildman–Crippen LogP) is 4.07. The highest BCUT2D eigenvalue weighted by Crippen LogP contribution is 2.43. The molecule has 2 aliphatic heterocycles. The van der Waals surface area contributed by atoms with Gasteiger partial charge in [0.25, 0.3) is 5.92 Å². The quantitative estimate of drug-likeness (QED) is 0.666. The molecule has 1 aromatic heterocycles. The van der Waals surface area contributed by atoms with Crippen LogP contribution in [0.3, 0.4) is 0 Å². The molecular weight excluding hydrogens is 454 g/mol. The predicted molar refractivity (Wildman–Crippen MR) is 117 cm³/mol. The van der Waals surface area contributed by atoms with Crippen molar-refractivity contribution in [2.45, 2.75) is 62.5 Å². The van der Waals surface area contributed by atoms with Crippen molar-refractivity contribution in [2.24, 2.45) is 0 Å². The van der Waals surface area contributed by atoms with Gasteiger partial charge in [-0.1, -0.05) is 0 Å². The Labute approximate surface area is 193 Å². The molecule has 0 unspecified atom stereocenters. The van der Waals surface area contributed by atoms with Gasteiger partial charge in [-0.25, -0.2) is 17.6 Å². The van der Waals surface area contributed by atoms with Crippen LogP contribution in [0.5, 0.6) is 5.88 Å². The number of alkyl halides is 2. The van der Waals surface area contributed by atoms with E-state index >= 15 is 0 Å². The number of halogens is 4. The third kappa shape index (κ3) is 4.23. The van der Waals surface area contributed by atoms with E-state index in [0.29, 0.717) is 43.9 Å². The largest absolute Gasteiger partial charge is 0.474 e. The fourth-order valence-corrected chi connectivity index (χ4v) is 5.24. The zero-order valence-electron chi connectivity index (χ0n) is 18.4. The van der Waals surface area contributed by atoms with Crippen LogP contribution in [0.4, 0.5) is 35.0 Å². The molecule has 1 aromatic carbocycles. The molecule has 2 N–H and O–H groups in total. The van der Waals surface area contributed by atoms with Crippen molar-refractivity contribution in [3.8, 4) is 5.88 Å². The molecule has 2 saturated heterocycles. The Bertz CT molecular complexity index is 1100. The van der Waals surface area contributed by atoms with Crippen LogP contribution in [0.1, 0.15) is 44.9 Å². The molecule has 3 heterocycles. The first-order valence-electron chi connectivity index (χ1n) is 11.4. The summed E-state index contributed by atoms with van der Waals surface area (Å²) in [6.07, 6.45) is 1.69. The first kappa shape index (κ1) is 22.7. The number of rotatable bonds is 4. The third-order valence-corrected chi connectivity index (χ3v) is 6.98. The molecule has 3 fully saturated rings. The highest BCUT2D eigenvalue weighted by molar-refractivity contribution is 5.95. The summed E-state index contributed by atoms with van der Waals surface area (Å²) in [5, 5.41) is 0. The Morgan fingerprint density at radius 2 is 1.76 bits per heavy atom. The molecule has 0 bridgehead atoms. The topological polar surface area (TPSA) is 84.6 Å². The van der Waals surface area contributed by atoms with E-state index in [1.165, 1.54) is 6.07 Å². The molecule has 0 radical (unpaired) electrons. The lowest BCUT2D eigenvalue weighted by atomic mass is 9.78. The number of ether oxygens (including phenoxy) is 1. The average Bonchev–Trinajstić information content (AvgIpc) is 2.75. The lowest BCUT2D eigenvalue weighted by Crippen LogP contribution is -2.60. The van der Waals surface area contributed by atoms with Crippen LogP contribution in [0, 0.1) is 11.6 Å². The minimum atomic E-state index is -2.70. The second-order valence-electron chi connectivity index (χ2n) is 9.32. The number of carbonyl (C=O) groups is 1. The van der Waals surface area contributed by atoms with Crippen molar-refractivity contribution in [1.82, 2.24) is 9.97 Å². The summed E-state index contributed by atoms with van der Waals surface area (Å²) < 4.78 is 59.2. The SMILES string of the molecule is Nc1nc(OC2CC(F)(F)C2)cc(N2CCC3(CCCC(=O)N3c3ccc(F)c(F)c3)CC2)n1. The number of aromatic nitrogens is 2. The van der Waals surface area contributed by atoms with E-state index in [0.717, 1.165) is 25.0 Å². The average molecular weight is 479 g/mol. The Balaban J connectivity index is 1.33. The lowest BCUT2D eigenvalue weighted by molar-refractivity contribution is -0.135. The highest BCUT2D eigenvalue weighted by Gasteiger charge is 2.48. The van der Waals surface area contributed by atoms with Crippen molar-refractivity contribution >= 4 is 23.4 Å². The number of hydrogen-bond acceptors (Lipinski definition) is 6. The van der Waals surface area contributed by atoms with Crippen LogP contribution >= 0.6 is 0 Å². The number of anilines is 3. The number of hydrogen-bond donors (Lipinski definition) is 1. The van der Waals surface area contributed by atoms with Crippen molar-refractivity contribution in [3.05, 3.63) is 35.9 Å². The number of amides is 1. The monoisotopic (exact) mass is 479 g/mol. The first-order chi connectivity index (χ1) is 16.1. The van der Waals surface area contributed by atoms with Gasteiger partial charge < -0.3 is 20.3 Å². The lowest BCUT2D eigenvalue weighted by Gasteiger charge is -2.51. The minimum Gasteiger partial charge on any atom is -0.474 e. The van der Waals surface area contributed by atoms with E-state index in [9.17, 15) is 22.4 Å². The molecule has 1 spiro atoms. The van der Waals surface area contributed by atoms with Crippen LogP contribution in [-0.2, 0) is 4.79 Å². The fraction of sp³-hybridized carbons (Fsp3) is 0.522. The number of nitrogens with two attached hydrogens (primary N) is 1. The van der Waals surface area contributed by atoms with Gasteiger partial charge in [-0.15, -0.1) is 0 Å². The van der Waals surface area contributed by atoms with Gasteiger partial charge in [-0.3, -0.25) is 4.79 Å². The van der Waals surface area contributed by atoms with Gasteiger partial charge in [0, 0.05) is 50.2 Å². The molecule has 3 aliphatic rings. The molecule has 0 atom stereocenters. The summed E-state index contributed by atoms with van der Waals surface area (Å²) in [6.45, 7) is 1.07. The molecule has 2 aromatic rings. The summed E-state index contributed by atoms with van der Waals surface area (Å²) in [5.74, 6) is -4.10. The fourth-order valence-electron chi connectivity index (χ4n) is 5.24. The van der Waals surface area contributed by atoms with E-state index in [-0.39, 0.29) is 30.6 Å². The van der Waals surface area contributed by atoms with Gasteiger partial charge in [0.05, 0.1) is 5.54 Å². The van der Waals surface area contributed by atoms with Crippen molar-refractivity contribution in [3.63, 3.8) is 0 Å². The molecule has 182 valence electrons. The van der Waals surface area contributed by atoms with Gasteiger partial charge in [0.15, 0.2) is 11.6 Å². The molecule has 11 heteroatoms. The van der Waals surface area contributed by atoms with Crippen LogP contribution in [0.25, 0.3) is 0 Å². The van der Waals surface area contributed by atoms with Crippen LogP contribution < -0.4 is 20.3 Å². The van der Waals surface area contributed by atoms with Crippen molar-refractivity contribution < 1.29 is 27.1 Å². The zero-order valence-corrected chi connectivity index (χ0v) is 18.4. The van der Waals surface area contributed by atoms with Gasteiger partial charge in [-0.05, 0) is 37.8 Å². The summed E-state index contributed by atoms with van der Waals surface area (Å²) >= 11 is 0. The van der Waals surface area contributed by atoms with Crippen LogP contribution in [0.2, 0.25) is 0 Å². The van der Waals surface area contributed by atoms with E-state index in [1.807, 2.05) is 4.90 Å². The molecule has 1 aliphatic carbocycles. The van der Waals surface area contributed by atoms with E-state index < -0.39 is 29.2 Å². The van der Waals surface area contributed by atoms with Crippen LogP contribution in [-0.4, -0.2) is 46.5 Å². The highest BCUT2D eigenvalue weighted by atomic mass is 19.3. The molecule has 7 nitrogen and oxygen atoms in total. The molecule has 5 rings (SSSR count). The van der Waals surface area contributed by atoms with Crippen molar-refractivity contribution in [1.29, 1.82) is 0 Å². The van der Waals surface area contributed by atoms with Gasteiger partial charge >= 0.3 is 0 Å². The van der Waals surface area contributed by atoms with Crippen LogP contribution in [0.15, 0.2) is 24.3 Å². The Kier molecular flexibility index (Phi) is 5.52. The molecule has 1 amide bonds. The van der Waals surface area contributed by atoms with E-state index in [2.05, 4.69) is 9.97 Å². The smallest absolute Gasteiger partial charge is 0.255 e. The second kappa shape index (κ2) is 8.28. The normalized spacial score (nSPS) is 22.1. The van der Waals surface area contributed by atoms with E-state index in [4.69, 9.17) is 10.5 Å².